The van der Waals surface area contributed by atoms with E-state index in [2.05, 4.69) is 15.1 Å². The second-order valence-electron chi connectivity index (χ2n) is 8.11. The van der Waals surface area contributed by atoms with E-state index < -0.39 is 11.2 Å². The smallest absolute Gasteiger partial charge is 0.358 e. The maximum Gasteiger partial charge on any atom is 0.443 e. The van der Waals surface area contributed by atoms with Crippen molar-refractivity contribution in [3.8, 4) is 17.3 Å². The number of hydrogen-bond donors (Lipinski definition) is 0. The van der Waals surface area contributed by atoms with Crippen molar-refractivity contribution in [3.05, 3.63) is 46.5 Å². The summed E-state index contributed by atoms with van der Waals surface area (Å²) in [6, 6.07) is 8.08. The van der Waals surface area contributed by atoms with E-state index in [9.17, 15) is 18.0 Å². The molecule has 12 heteroatoms. The van der Waals surface area contributed by atoms with Crippen LogP contribution < -0.4 is 4.90 Å². The van der Waals surface area contributed by atoms with Crippen molar-refractivity contribution >= 4 is 22.2 Å². The predicted octanol–water partition coefficient (Wildman–Crippen LogP) is 3.65. The van der Waals surface area contributed by atoms with Gasteiger partial charge in [0.15, 0.2) is 0 Å². The first-order chi connectivity index (χ1) is 16.1. The molecule has 1 atom stereocenters. The van der Waals surface area contributed by atoms with E-state index in [0.29, 0.717) is 58.7 Å². The van der Waals surface area contributed by atoms with Crippen molar-refractivity contribution in [2.75, 3.05) is 24.5 Å². The lowest BCUT2D eigenvalue weighted by atomic mass is 10.1. The quantitative estimate of drug-likeness (QED) is 0.556. The van der Waals surface area contributed by atoms with Crippen molar-refractivity contribution in [2.24, 2.45) is 0 Å². The van der Waals surface area contributed by atoms with Gasteiger partial charge in [-0.3, -0.25) is 4.79 Å². The highest BCUT2D eigenvalue weighted by Gasteiger charge is 2.38. The normalized spacial score (nSPS) is 16.6. The third-order valence-corrected chi connectivity index (χ3v) is 6.78. The molecule has 1 saturated heterocycles. The Bertz CT molecular complexity index is 1240. The van der Waals surface area contributed by atoms with Gasteiger partial charge in [-0.2, -0.15) is 23.5 Å². The fourth-order valence-electron chi connectivity index (χ4n) is 3.98. The van der Waals surface area contributed by atoms with Gasteiger partial charge >= 0.3 is 6.18 Å². The lowest BCUT2D eigenvalue weighted by Crippen LogP contribution is -2.54. The monoisotopic (exact) mass is 489 g/mol. The van der Waals surface area contributed by atoms with E-state index in [1.165, 1.54) is 0 Å². The van der Waals surface area contributed by atoms with Crippen LogP contribution >= 0.6 is 11.3 Å². The Kier molecular flexibility index (Phi) is 6.31. The summed E-state index contributed by atoms with van der Waals surface area (Å²) in [7, 11) is 0. The van der Waals surface area contributed by atoms with E-state index in [1.807, 2.05) is 17.9 Å². The zero-order chi connectivity index (χ0) is 24.6. The number of alkyl halides is 3. The molecular formula is C22H22F3N7OS. The lowest BCUT2D eigenvalue weighted by Gasteiger charge is -2.40. The minimum absolute atomic E-state index is 0.0618. The van der Waals surface area contributed by atoms with Gasteiger partial charge in [0.25, 0.3) is 0 Å². The molecule has 3 heterocycles. The molecule has 4 rings (SSSR count). The molecule has 2 aromatic heterocycles. The minimum Gasteiger partial charge on any atom is -0.358 e. The first-order valence-electron chi connectivity index (χ1n) is 10.6. The summed E-state index contributed by atoms with van der Waals surface area (Å²) in [6.45, 7) is 6.56. The Morgan fingerprint density at radius 3 is 2.47 bits per heavy atom. The summed E-state index contributed by atoms with van der Waals surface area (Å²) in [4.78, 5) is 24.6. The number of hydrogen-bond acceptors (Lipinski definition) is 7. The number of piperazine rings is 1. The lowest BCUT2D eigenvalue weighted by molar-refractivity contribution is -0.137. The van der Waals surface area contributed by atoms with Gasteiger partial charge in [0.05, 0.1) is 11.6 Å². The highest BCUT2D eigenvalue weighted by atomic mass is 32.1. The number of anilines is 1. The van der Waals surface area contributed by atoms with Gasteiger partial charge < -0.3 is 9.80 Å². The molecule has 1 amide bonds. The molecule has 0 radical (unpaired) electrons. The number of nitriles is 1. The molecule has 3 aromatic rings. The number of carbonyl (C=O) groups is 1. The fraction of sp³-hybridized carbons (Fsp3) is 0.409. The van der Waals surface area contributed by atoms with E-state index in [1.54, 1.807) is 47.7 Å². The number of halogens is 3. The molecule has 1 aromatic carbocycles. The van der Waals surface area contributed by atoms with Gasteiger partial charge in [0.2, 0.25) is 10.9 Å². The van der Waals surface area contributed by atoms with Crippen LogP contribution in [0.25, 0.3) is 11.3 Å². The van der Waals surface area contributed by atoms with Crippen LogP contribution in [0.4, 0.5) is 18.2 Å². The number of aromatic nitrogens is 4. The van der Waals surface area contributed by atoms with Crippen LogP contribution in [-0.2, 0) is 17.5 Å². The third kappa shape index (κ3) is 4.75. The average molecular weight is 490 g/mol. The topological polar surface area (TPSA) is 90.9 Å². The van der Waals surface area contributed by atoms with Crippen LogP contribution in [0.5, 0.6) is 0 Å². The summed E-state index contributed by atoms with van der Waals surface area (Å²) >= 11 is 0.596. The summed E-state index contributed by atoms with van der Waals surface area (Å²) in [5.74, 6) is 1.12. The summed E-state index contributed by atoms with van der Waals surface area (Å²) in [5.41, 5.74) is 1.14. The first-order valence-corrected chi connectivity index (χ1v) is 11.4. The molecule has 0 spiro atoms. The number of benzene rings is 1. The van der Waals surface area contributed by atoms with E-state index in [0.717, 1.165) is 0 Å². The number of thiazole rings is 1. The molecule has 1 aliphatic rings. The number of nitrogens with zero attached hydrogens (tertiary/aromatic N) is 7. The second-order valence-corrected chi connectivity index (χ2v) is 9.08. The highest BCUT2D eigenvalue weighted by molar-refractivity contribution is 7.16. The van der Waals surface area contributed by atoms with Crippen LogP contribution in [0.2, 0.25) is 0 Å². The van der Waals surface area contributed by atoms with Gasteiger partial charge in [-0.05, 0) is 32.9 Å². The summed E-state index contributed by atoms with van der Waals surface area (Å²) in [6.07, 6.45) is -4.57. The zero-order valence-electron chi connectivity index (χ0n) is 18.8. The SMILES string of the molecule is Cc1nc(C)n(CC(=O)N2CCN(c3sc(C(F)(F)F)nc3-c3ccc(C#N)cc3)CC2C)n1. The van der Waals surface area contributed by atoms with Crippen molar-refractivity contribution < 1.29 is 18.0 Å². The molecule has 1 fully saturated rings. The number of carbonyl (C=O) groups excluding carboxylic acids is 1. The maximum atomic E-state index is 13.5. The van der Waals surface area contributed by atoms with Crippen LogP contribution in [0.3, 0.4) is 0 Å². The predicted molar refractivity (Wildman–Crippen MR) is 120 cm³/mol. The molecule has 0 aliphatic carbocycles. The Hall–Kier alpha value is -3.46. The molecule has 8 nitrogen and oxygen atoms in total. The minimum atomic E-state index is -4.57. The summed E-state index contributed by atoms with van der Waals surface area (Å²) < 4.78 is 42.0. The molecule has 0 N–H and O–H groups in total. The summed E-state index contributed by atoms with van der Waals surface area (Å²) in [5, 5.41) is 12.7. The van der Waals surface area contributed by atoms with E-state index >= 15 is 0 Å². The highest BCUT2D eigenvalue weighted by Crippen LogP contribution is 2.43. The Labute approximate surface area is 198 Å². The van der Waals surface area contributed by atoms with Gasteiger partial charge in [0.1, 0.15) is 28.9 Å². The van der Waals surface area contributed by atoms with Crippen molar-refractivity contribution in [1.29, 1.82) is 5.26 Å². The Morgan fingerprint density at radius 1 is 1.21 bits per heavy atom. The molecule has 34 heavy (non-hydrogen) atoms. The number of rotatable bonds is 4. The molecular weight excluding hydrogens is 467 g/mol. The second kappa shape index (κ2) is 9.06. The molecule has 0 bridgehead atoms. The number of amides is 1. The van der Waals surface area contributed by atoms with Crippen LogP contribution in [0, 0.1) is 25.2 Å². The largest absolute Gasteiger partial charge is 0.443 e. The zero-order valence-corrected chi connectivity index (χ0v) is 19.6. The average Bonchev–Trinajstić information content (AvgIpc) is 3.37. The molecule has 0 saturated carbocycles. The van der Waals surface area contributed by atoms with Gasteiger partial charge in [-0.15, -0.1) is 0 Å². The standard InChI is InChI=1S/C22H22F3N7OS/c1-13-11-30(8-9-31(13)18(33)12-32-15(3)27-14(2)29-32)20-19(28-21(34-20)22(23,24)25)17-6-4-16(10-26)5-7-17/h4-7,13H,8-9,11-12H2,1-3H3. The maximum absolute atomic E-state index is 13.5. The van der Waals surface area contributed by atoms with Crippen molar-refractivity contribution in [1.82, 2.24) is 24.6 Å². The van der Waals surface area contributed by atoms with Crippen molar-refractivity contribution in [3.63, 3.8) is 0 Å². The van der Waals surface area contributed by atoms with Gasteiger partial charge in [-0.25, -0.2) is 14.6 Å². The van der Waals surface area contributed by atoms with Gasteiger partial charge in [0, 0.05) is 31.2 Å². The molecule has 178 valence electrons. The first kappa shape index (κ1) is 23.7. The van der Waals surface area contributed by atoms with Crippen LogP contribution in [0.1, 0.15) is 29.1 Å². The van der Waals surface area contributed by atoms with E-state index in [-0.39, 0.29) is 24.2 Å². The Morgan fingerprint density at radius 2 is 1.91 bits per heavy atom. The van der Waals surface area contributed by atoms with E-state index in [4.69, 9.17) is 5.26 Å². The van der Waals surface area contributed by atoms with Gasteiger partial charge in [-0.1, -0.05) is 23.5 Å². The fourth-order valence-corrected chi connectivity index (χ4v) is 4.97. The van der Waals surface area contributed by atoms with Crippen LogP contribution in [-0.4, -0.2) is 56.2 Å². The van der Waals surface area contributed by atoms with Crippen LogP contribution in [0.15, 0.2) is 24.3 Å². The molecule has 1 aliphatic heterocycles. The number of aryl methyl sites for hydroxylation is 2. The van der Waals surface area contributed by atoms with Crippen molar-refractivity contribution in [2.45, 2.75) is 39.5 Å². The Balaban J connectivity index is 1.56. The third-order valence-electron chi connectivity index (χ3n) is 5.62. The molecule has 1 unspecified atom stereocenters.